The summed E-state index contributed by atoms with van der Waals surface area (Å²) in [5, 5.41) is 0. The lowest BCUT2D eigenvalue weighted by Crippen LogP contribution is -2.17. The summed E-state index contributed by atoms with van der Waals surface area (Å²) < 4.78 is 33.9. The molecule has 1 atom stereocenters. The SMILES string of the molecule is CCOc1ccc(Br)cc1C(N)c1c(F)cccc1F. The van der Waals surface area contributed by atoms with Crippen LogP contribution in [0, 0.1) is 11.6 Å². The van der Waals surface area contributed by atoms with Crippen molar-refractivity contribution in [2.75, 3.05) is 6.61 Å². The Balaban J connectivity index is 2.52. The monoisotopic (exact) mass is 341 g/mol. The van der Waals surface area contributed by atoms with Crippen molar-refractivity contribution in [3.8, 4) is 5.75 Å². The van der Waals surface area contributed by atoms with Gasteiger partial charge in [-0.2, -0.15) is 0 Å². The zero-order valence-corrected chi connectivity index (χ0v) is 12.5. The molecule has 0 bridgehead atoms. The van der Waals surface area contributed by atoms with Crippen LogP contribution in [0.15, 0.2) is 40.9 Å². The van der Waals surface area contributed by atoms with E-state index in [0.29, 0.717) is 17.9 Å². The van der Waals surface area contributed by atoms with Crippen LogP contribution in [0.4, 0.5) is 8.78 Å². The van der Waals surface area contributed by atoms with Gasteiger partial charge in [-0.3, -0.25) is 0 Å². The van der Waals surface area contributed by atoms with E-state index in [2.05, 4.69) is 15.9 Å². The highest BCUT2D eigenvalue weighted by Crippen LogP contribution is 2.33. The number of hydrogen-bond donors (Lipinski definition) is 1. The molecule has 0 saturated carbocycles. The van der Waals surface area contributed by atoms with Crippen LogP contribution in [0.3, 0.4) is 0 Å². The summed E-state index contributed by atoms with van der Waals surface area (Å²) in [6.07, 6.45) is 0. The second kappa shape index (κ2) is 6.33. The Kier molecular flexibility index (Phi) is 4.73. The molecule has 2 aromatic carbocycles. The normalized spacial score (nSPS) is 12.2. The summed E-state index contributed by atoms with van der Waals surface area (Å²) in [7, 11) is 0. The summed E-state index contributed by atoms with van der Waals surface area (Å²) in [4.78, 5) is 0. The first-order valence-corrected chi connectivity index (χ1v) is 6.95. The standard InChI is InChI=1S/C15H14BrF2NO/c1-2-20-13-7-6-9(16)8-10(13)15(19)14-11(17)4-3-5-12(14)18/h3-8,15H,2,19H2,1H3. The van der Waals surface area contributed by atoms with E-state index in [0.717, 1.165) is 4.47 Å². The molecule has 2 rings (SSSR count). The molecule has 0 heterocycles. The van der Waals surface area contributed by atoms with Crippen molar-refractivity contribution in [3.05, 3.63) is 63.6 Å². The van der Waals surface area contributed by atoms with Crippen molar-refractivity contribution in [2.45, 2.75) is 13.0 Å². The van der Waals surface area contributed by atoms with Gasteiger partial charge in [-0.1, -0.05) is 22.0 Å². The third kappa shape index (κ3) is 2.99. The van der Waals surface area contributed by atoms with Crippen LogP contribution in [0.25, 0.3) is 0 Å². The molecular formula is C15H14BrF2NO. The highest BCUT2D eigenvalue weighted by molar-refractivity contribution is 9.10. The molecule has 0 amide bonds. The quantitative estimate of drug-likeness (QED) is 0.905. The molecule has 0 aliphatic heterocycles. The molecular weight excluding hydrogens is 328 g/mol. The second-order valence-electron chi connectivity index (χ2n) is 4.23. The van der Waals surface area contributed by atoms with Gasteiger partial charge < -0.3 is 10.5 Å². The van der Waals surface area contributed by atoms with E-state index < -0.39 is 17.7 Å². The smallest absolute Gasteiger partial charge is 0.131 e. The summed E-state index contributed by atoms with van der Waals surface area (Å²) in [6, 6.07) is 7.98. The fourth-order valence-corrected chi connectivity index (χ4v) is 2.39. The molecule has 0 saturated heterocycles. The van der Waals surface area contributed by atoms with Crippen LogP contribution >= 0.6 is 15.9 Å². The molecule has 106 valence electrons. The minimum atomic E-state index is -0.935. The van der Waals surface area contributed by atoms with Gasteiger partial charge in [-0.15, -0.1) is 0 Å². The lowest BCUT2D eigenvalue weighted by atomic mass is 9.97. The van der Waals surface area contributed by atoms with Crippen LogP contribution in [0.2, 0.25) is 0 Å². The minimum Gasteiger partial charge on any atom is -0.494 e. The molecule has 1 unspecified atom stereocenters. The largest absolute Gasteiger partial charge is 0.494 e. The Labute approximate surface area is 124 Å². The van der Waals surface area contributed by atoms with Crippen molar-refractivity contribution in [3.63, 3.8) is 0 Å². The van der Waals surface area contributed by atoms with E-state index in [4.69, 9.17) is 10.5 Å². The van der Waals surface area contributed by atoms with Gasteiger partial charge in [0.2, 0.25) is 0 Å². The zero-order valence-electron chi connectivity index (χ0n) is 10.9. The Bertz CT molecular complexity index is 599. The topological polar surface area (TPSA) is 35.2 Å². The first-order chi connectivity index (χ1) is 9.54. The van der Waals surface area contributed by atoms with Crippen molar-refractivity contribution in [2.24, 2.45) is 5.73 Å². The number of halogens is 3. The average Bonchev–Trinajstić information content (AvgIpc) is 2.40. The van der Waals surface area contributed by atoms with Crippen LogP contribution in [0.5, 0.6) is 5.75 Å². The molecule has 0 radical (unpaired) electrons. The van der Waals surface area contributed by atoms with Gasteiger partial charge in [0, 0.05) is 15.6 Å². The fraction of sp³-hybridized carbons (Fsp3) is 0.200. The van der Waals surface area contributed by atoms with Crippen molar-refractivity contribution < 1.29 is 13.5 Å². The van der Waals surface area contributed by atoms with Gasteiger partial charge >= 0.3 is 0 Å². The molecule has 2 N–H and O–H groups in total. The Morgan fingerprint density at radius 2 is 1.85 bits per heavy atom. The predicted octanol–water partition coefficient (Wildman–Crippen LogP) is 4.17. The summed E-state index contributed by atoms with van der Waals surface area (Å²) in [6.45, 7) is 2.28. The highest BCUT2D eigenvalue weighted by atomic mass is 79.9. The van der Waals surface area contributed by atoms with Gasteiger partial charge in [0.25, 0.3) is 0 Å². The van der Waals surface area contributed by atoms with Crippen LogP contribution in [-0.2, 0) is 0 Å². The van der Waals surface area contributed by atoms with E-state index in [9.17, 15) is 8.78 Å². The molecule has 0 aliphatic rings. The van der Waals surface area contributed by atoms with E-state index in [1.54, 1.807) is 18.2 Å². The molecule has 5 heteroatoms. The maximum absolute atomic E-state index is 13.8. The summed E-state index contributed by atoms with van der Waals surface area (Å²) in [5.41, 5.74) is 6.41. The van der Waals surface area contributed by atoms with E-state index >= 15 is 0 Å². The molecule has 0 spiro atoms. The first kappa shape index (κ1) is 14.9. The Morgan fingerprint density at radius 1 is 1.20 bits per heavy atom. The minimum absolute atomic E-state index is 0.161. The number of ether oxygens (including phenoxy) is 1. The number of rotatable bonds is 4. The second-order valence-corrected chi connectivity index (χ2v) is 5.14. The van der Waals surface area contributed by atoms with E-state index in [-0.39, 0.29) is 5.56 Å². The molecule has 0 aromatic heterocycles. The fourth-order valence-electron chi connectivity index (χ4n) is 2.01. The van der Waals surface area contributed by atoms with Gasteiger partial charge in [0.05, 0.1) is 12.6 Å². The Morgan fingerprint density at radius 3 is 2.45 bits per heavy atom. The average molecular weight is 342 g/mol. The maximum Gasteiger partial charge on any atom is 0.131 e. The van der Waals surface area contributed by atoms with Gasteiger partial charge in [-0.05, 0) is 37.3 Å². The van der Waals surface area contributed by atoms with E-state index in [1.165, 1.54) is 18.2 Å². The lowest BCUT2D eigenvalue weighted by molar-refractivity contribution is 0.335. The number of hydrogen-bond acceptors (Lipinski definition) is 2. The van der Waals surface area contributed by atoms with Crippen LogP contribution < -0.4 is 10.5 Å². The van der Waals surface area contributed by atoms with E-state index in [1.807, 2.05) is 6.92 Å². The third-order valence-corrected chi connectivity index (χ3v) is 3.41. The molecule has 0 fully saturated rings. The third-order valence-electron chi connectivity index (χ3n) is 2.92. The molecule has 2 aromatic rings. The molecule has 20 heavy (non-hydrogen) atoms. The van der Waals surface area contributed by atoms with Crippen LogP contribution in [-0.4, -0.2) is 6.61 Å². The lowest BCUT2D eigenvalue weighted by Gasteiger charge is -2.18. The number of benzene rings is 2. The predicted molar refractivity (Wildman–Crippen MR) is 77.7 cm³/mol. The maximum atomic E-state index is 13.8. The molecule has 0 aliphatic carbocycles. The summed E-state index contributed by atoms with van der Waals surface area (Å²) >= 11 is 3.33. The number of nitrogens with two attached hydrogens (primary N) is 1. The summed E-state index contributed by atoms with van der Waals surface area (Å²) in [5.74, 6) is -0.814. The molecule has 2 nitrogen and oxygen atoms in total. The van der Waals surface area contributed by atoms with Gasteiger partial charge in [0.1, 0.15) is 17.4 Å². The van der Waals surface area contributed by atoms with Crippen LogP contribution in [0.1, 0.15) is 24.1 Å². The van der Waals surface area contributed by atoms with Gasteiger partial charge in [0.15, 0.2) is 0 Å². The first-order valence-electron chi connectivity index (χ1n) is 6.16. The van der Waals surface area contributed by atoms with Crippen molar-refractivity contribution >= 4 is 15.9 Å². The van der Waals surface area contributed by atoms with Gasteiger partial charge in [-0.25, -0.2) is 8.78 Å². The van der Waals surface area contributed by atoms with Crippen molar-refractivity contribution in [1.29, 1.82) is 0 Å². The Hall–Kier alpha value is -1.46. The zero-order chi connectivity index (χ0) is 14.7. The van der Waals surface area contributed by atoms with Crippen molar-refractivity contribution in [1.82, 2.24) is 0 Å². The highest BCUT2D eigenvalue weighted by Gasteiger charge is 2.21.